The first-order chi connectivity index (χ1) is 9.91. The molecule has 0 saturated carbocycles. The molecule has 0 fully saturated rings. The summed E-state index contributed by atoms with van der Waals surface area (Å²) in [7, 11) is 0. The van der Waals surface area contributed by atoms with Gasteiger partial charge in [-0.25, -0.2) is 0 Å². The van der Waals surface area contributed by atoms with Gasteiger partial charge in [0.2, 0.25) is 0 Å². The van der Waals surface area contributed by atoms with Crippen LogP contribution in [0.1, 0.15) is 96.8 Å². The monoisotopic (exact) mass is 320 g/mol. The lowest BCUT2D eigenvalue weighted by Gasteiger charge is -2.03. The zero-order chi connectivity index (χ0) is 14.7. The highest BCUT2D eigenvalue weighted by atomic mass is 35.5. The SMILES string of the molecule is CCCCCCCCCCCCCCCCSCCCl. The van der Waals surface area contributed by atoms with Gasteiger partial charge in [0.05, 0.1) is 0 Å². The molecule has 0 spiro atoms. The van der Waals surface area contributed by atoms with Gasteiger partial charge in [0, 0.05) is 11.6 Å². The molecule has 0 aromatic heterocycles. The topological polar surface area (TPSA) is 0 Å². The van der Waals surface area contributed by atoms with E-state index in [9.17, 15) is 0 Å². The fourth-order valence-corrected chi connectivity index (χ4v) is 3.60. The second-order valence-electron chi connectivity index (χ2n) is 5.90. The Morgan fingerprint density at radius 1 is 0.550 bits per heavy atom. The first-order valence-electron chi connectivity index (χ1n) is 9.05. The Kier molecular flexibility index (Phi) is 20.3. The number of rotatable bonds is 17. The van der Waals surface area contributed by atoms with E-state index in [1.54, 1.807) is 0 Å². The van der Waals surface area contributed by atoms with Crippen LogP contribution < -0.4 is 0 Å². The molecule has 0 aliphatic carbocycles. The van der Waals surface area contributed by atoms with Gasteiger partial charge >= 0.3 is 0 Å². The van der Waals surface area contributed by atoms with E-state index in [2.05, 4.69) is 6.92 Å². The van der Waals surface area contributed by atoms with E-state index in [0.717, 1.165) is 11.6 Å². The van der Waals surface area contributed by atoms with E-state index in [4.69, 9.17) is 11.6 Å². The summed E-state index contributed by atoms with van der Waals surface area (Å²) < 4.78 is 0. The van der Waals surface area contributed by atoms with Crippen molar-refractivity contribution in [2.75, 3.05) is 17.4 Å². The third-order valence-electron chi connectivity index (χ3n) is 3.86. The third-order valence-corrected chi connectivity index (χ3v) is 5.35. The van der Waals surface area contributed by atoms with Crippen LogP contribution in [0, 0.1) is 0 Å². The fourth-order valence-electron chi connectivity index (χ4n) is 2.56. The molecule has 0 aromatic carbocycles. The Balaban J connectivity index is 2.89. The Morgan fingerprint density at radius 3 is 1.35 bits per heavy atom. The summed E-state index contributed by atoms with van der Waals surface area (Å²) in [5.74, 6) is 3.24. The van der Waals surface area contributed by atoms with Crippen molar-refractivity contribution in [3.8, 4) is 0 Å². The Morgan fingerprint density at radius 2 is 0.950 bits per heavy atom. The average molecular weight is 321 g/mol. The maximum atomic E-state index is 5.65. The van der Waals surface area contributed by atoms with Crippen molar-refractivity contribution in [1.82, 2.24) is 0 Å². The Bertz CT molecular complexity index is 143. The van der Waals surface area contributed by atoms with Gasteiger partial charge in [-0.15, -0.1) is 11.6 Å². The highest BCUT2D eigenvalue weighted by Gasteiger charge is 1.94. The van der Waals surface area contributed by atoms with Crippen molar-refractivity contribution in [3.63, 3.8) is 0 Å². The summed E-state index contributed by atoms with van der Waals surface area (Å²) in [6, 6.07) is 0. The van der Waals surface area contributed by atoms with E-state index >= 15 is 0 Å². The molecule has 0 radical (unpaired) electrons. The number of hydrogen-bond acceptors (Lipinski definition) is 1. The molecule has 0 saturated heterocycles. The molecule has 20 heavy (non-hydrogen) atoms. The van der Waals surface area contributed by atoms with E-state index < -0.39 is 0 Å². The Hall–Kier alpha value is 0.640. The number of thioether (sulfide) groups is 1. The highest BCUT2D eigenvalue weighted by molar-refractivity contribution is 7.99. The summed E-state index contributed by atoms with van der Waals surface area (Å²) in [6.07, 6.45) is 20.3. The summed E-state index contributed by atoms with van der Waals surface area (Å²) in [6.45, 7) is 2.29. The van der Waals surface area contributed by atoms with E-state index in [1.165, 1.54) is 95.6 Å². The predicted octanol–water partition coefficient (Wildman–Crippen LogP) is 7.44. The molecule has 0 aliphatic heterocycles. The zero-order valence-electron chi connectivity index (χ0n) is 13.8. The van der Waals surface area contributed by atoms with Crippen LogP contribution in [0.25, 0.3) is 0 Å². The summed E-state index contributed by atoms with van der Waals surface area (Å²) in [4.78, 5) is 0. The van der Waals surface area contributed by atoms with Crippen LogP contribution in [0.2, 0.25) is 0 Å². The van der Waals surface area contributed by atoms with Crippen molar-refractivity contribution in [1.29, 1.82) is 0 Å². The van der Waals surface area contributed by atoms with E-state index in [1.807, 2.05) is 11.8 Å². The van der Waals surface area contributed by atoms with Crippen LogP contribution >= 0.6 is 23.4 Å². The van der Waals surface area contributed by atoms with Crippen LogP contribution in [-0.2, 0) is 0 Å². The van der Waals surface area contributed by atoms with Crippen molar-refractivity contribution >= 4 is 23.4 Å². The van der Waals surface area contributed by atoms with Gasteiger partial charge in [0.25, 0.3) is 0 Å². The first-order valence-corrected chi connectivity index (χ1v) is 10.7. The van der Waals surface area contributed by atoms with Gasteiger partial charge in [-0.05, 0) is 12.2 Å². The van der Waals surface area contributed by atoms with Gasteiger partial charge in [0.15, 0.2) is 0 Å². The summed E-state index contributed by atoms with van der Waals surface area (Å²) in [5, 5.41) is 0. The highest BCUT2D eigenvalue weighted by Crippen LogP contribution is 2.13. The van der Waals surface area contributed by atoms with Crippen molar-refractivity contribution < 1.29 is 0 Å². The van der Waals surface area contributed by atoms with Crippen LogP contribution in [0.5, 0.6) is 0 Å². The van der Waals surface area contributed by atoms with Gasteiger partial charge in [-0.3, -0.25) is 0 Å². The lowest BCUT2D eigenvalue weighted by atomic mass is 10.0. The standard InChI is InChI=1S/C18H37ClS/c1-2-3-4-5-6-7-8-9-10-11-12-13-14-15-17-20-18-16-19/h2-18H2,1H3. The molecule has 0 rings (SSSR count). The van der Waals surface area contributed by atoms with Gasteiger partial charge in [0.1, 0.15) is 0 Å². The largest absolute Gasteiger partial charge is 0.161 e. The molecule has 0 amide bonds. The molecule has 122 valence electrons. The first kappa shape index (κ1) is 20.6. The number of halogens is 1. The quantitative estimate of drug-likeness (QED) is 0.198. The number of hydrogen-bond donors (Lipinski definition) is 0. The van der Waals surface area contributed by atoms with Gasteiger partial charge in [-0.2, -0.15) is 11.8 Å². The molecular weight excluding hydrogens is 284 g/mol. The van der Waals surface area contributed by atoms with Gasteiger partial charge < -0.3 is 0 Å². The van der Waals surface area contributed by atoms with Crippen LogP contribution in [0.4, 0.5) is 0 Å². The molecule has 0 unspecified atom stereocenters. The van der Waals surface area contributed by atoms with Crippen LogP contribution in [0.3, 0.4) is 0 Å². The predicted molar refractivity (Wildman–Crippen MR) is 98.4 cm³/mol. The molecule has 0 aromatic rings. The number of alkyl halides is 1. The fraction of sp³-hybridized carbons (Fsp3) is 1.00. The minimum atomic E-state index is 0.809. The second-order valence-corrected chi connectivity index (χ2v) is 7.50. The minimum absolute atomic E-state index is 0.809. The van der Waals surface area contributed by atoms with Crippen LogP contribution in [-0.4, -0.2) is 17.4 Å². The van der Waals surface area contributed by atoms with Crippen LogP contribution in [0.15, 0.2) is 0 Å². The molecule has 0 nitrogen and oxygen atoms in total. The molecule has 2 heteroatoms. The maximum absolute atomic E-state index is 5.65. The number of unbranched alkanes of at least 4 members (excludes halogenated alkanes) is 13. The second kappa shape index (κ2) is 19.6. The normalized spacial score (nSPS) is 11.1. The van der Waals surface area contributed by atoms with Crippen molar-refractivity contribution in [2.24, 2.45) is 0 Å². The third kappa shape index (κ3) is 18.6. The maximum Gasteiger partial charge on any atom is 0.0314 e. The molecule has 0 heterocycles. The molecular formula is C18H37ClS. The summed E-state index contributed by atoms with van der Waals surface area (Å²) in [5.41, 5.74) is 0. The summed E-state index contributed by atoms with van der Waals surface area (Å²) >= 11 is 7.65. The smallest absolute Gasteiger partial charge is 0.0314 e. The van der Waals surface area contributed by atoms with Crippen molar-refractivity contribution in [2.45, 2.75) is 96.8 Å². The lowest BCUT2D eigenvalue weighted by molar-refractivity contribution is 0.538. The zero-order valence-corrected chi connectivity index (χ0v) is 15.4. The molecule has 0 bridgehead atoms. The van der Waals surface area contributed by atoms with Crippen molar-refractivity contribution in [3.05, 3.63) is 0 Å². The molecule has 0 atom stereocenters. The van der Waals surface area contributed by atoms with E-state index in [-0.39, 0.29) is 0 Å². The molecule has 0 N–H and O–H groups in total. The Labute approximate surface area is 137 Å². The average Bonchev–Trinajstić information content (AvgIpc) is 2.47. The van der Waals surface area contributed by atoms with Gasteiger partial charge in [-0.1, -0.05) is 90.4 Å². The lowest BCUT2D eigenvalue weighted by Crippen LogP contribution is -1.86. The van der Waals surface area contributed by atoms with E-state index in [0.29, 0.717) is 0 Å². The minimum Gasteiger partial charge on any atom is -0.161 e. The molecule has 0 aliphatic rings.